The normalized spacial score (nSPS) is 19.7. The van der Waals surface area contributed by atoms with Crippen molar-refractivity contribution < 1.29 is 9.59 Å². The van der Waals surface area contributed by atoms with Gasteiger partial charge in [-0.3, -0.25) is 14.7 Å². The van der Waals surface area contributed by atoms with Crippen LogP contribution < -0.4 is 0 Å². The lowest BCUT2D eigenvalue weighted by Crippen LogP contribution is -2.56. The molecule has 160 valence electrons. The van der Waals surface area contributed by atoms with Crippen molar-refractivity contribution in [2.75, 3.05) is 32.7 Å². The fourth-order valence-electron chi connectivity index (χ4n) is 4.91. The number of likely N-dealkylation sites (tertiary alicyclic amines) is 1. The Balaban J connectivity index is 1.62. The number of likely N-dealkylation sites (N-methyl/N-ethyl adjacent to an activating group) is 1. The predicted octanol–water partition coefficient (Wildman–Crippen LogP) is 3.57. The zero-order valence-electron chi connectivity index (χ0n) is 18.3. The molecule has 2 aliphatic rings. The Kier molecular flexibility index (Phi) is 7.28. The summed E-state index contributed by atoms with van der Waals surface area (Å²) in [5.74, 6) is 0.744. The third-order valence-electron chi connectivity index (χ3n) is 6.86. The summed E-state index contributed by atoms with van der Waals surface area (Å²) in [6.45, 7) is 10.5. The van der Waals surface area contributed by atoms with Gasteiger partial charge in [-0.25, -0.2) is 4.79 Å². The lowest BCUT2D eigenvalue weighted by Gasteiger charge is -2.42. The van der Waals surface area contributed by atoms with Gasteiger partial charge in [-0.15, -0.1) is 0 Å². The lowest BCUT2D eigenvalue weighted by molar-refractivity contribution is -0.135. The van der Waals surface area contributed by atoms with E-state index in [1.807, 2.05) is 30.2 Å². The summed E-state index contributed by atoms with van der Waals surface area (Å²) in [5.41, 5.74) is 0.522. The SMILES string of the molecule is CCC(CC)CN1CCC2(CC1)C(=O)N(CCCc1cccnc1)C(=O)N2CC. The van der Waals surface area contributed by atoms with E-state index in [0.717, 1.165) is 56.8 Å². The Labute approximate surface area is 175 Å². The van der Waals surface area contributed by atoms with Crippen molar-refractivity contribution >= 4 is 11.9 Å². The van der Waals surface area contributed by atoms with Crippen LogP contribution in [0.15, 0.2) is 24.5 Å². The molecule has 0 aromatic carbocycles. The maximum Gasteiger partial charge on any atom is 0.327 e. The summed E-state index contributed by atoms with van der Waals surface area (Å²) in [7, 11) is 0. The smallest absolute Gasteiger partial charge is 0.310 e. The number of nitrogens with zero attached hydrogens (tertiary/aromatic N) is 4. The third-order valence-corrected chi connectivity index (χ3v) is 6.86. The van der Waals surface area contributed by atoms with Crippen LogP contribution >= 0.6 is 0 Å². The van der Waals surface area contributed by atoms with Gasteiger partial charge in [0.25, 0.3) is 5.91 Å². The van der Waals surface area contributed by atoms with Crippen LogP contribution in [0, 0.1) is 5.92 Å². The van der Waals surface area contributed by atoms with Crippen molar-refractivity contribution in [1.82, 2.24) is 19.7 Å². The fourth-order valence-corrected chi connectivity index (χ4v) is 4.91. The third kappa shape index (κ3) is 4.47. The number of aromatic nitrogens is 1. The van der Waals surface area contributed by atoms with Crippen molar-refractivity contribution in [3.05, 3.63) is 30.1 Å². The van der Waals surface area contributed by atoms with E-state index in [-0.39, 0.29) is 11.9 Å². The Morgan fingerprint density at radius 3 is 2.45 bits per heavy atom. The van der Waals surface area contributed by atoms with Crippen LogP contribution in [0.25, 0.3) is 0 Å². The van der Waals surface area contributed by atoms with Crippen LogP contribution in [0.3, 0.4) is 0 Å². The molecule has 6 nitrogen and oxygen atoms in total. The minimum atomic E-state index is -0.620. The van der Waals surface area contributed by atoms with E-state index in [2.05, 4.69) is 23.7 Å². The second-order valence-corrected chi connectivity index (χ2v) is 8.46. The van der Waals surface area contributed by atoms with E-state index >= 15 is 0 Å². The summed E-state index contributed by atoms with van der Waals surface area (Å²) in [4.78, 5) is 36.4. The monoisotopic (exact) mass is 400 g/mol. The van der Waals surface area contributed by atoms with Gasteiger partial charge in [0.2, 0.25) is 0 Å². The van der Waals surface area contributed by atoms with Crippen LogP contribution in [0.5, 0.6) is 0 Å². The number of urea groups is 1. The molecule has 0 atom stereocenters. The van der Waals surface area contributed by atoms with Crippen molar-refractivity contribution in [1.29, 1.82) is 0 Å². The number of carbonyl (C=O) groups excluding carboxylic acids is 2. The van der Waals surface area contributed by atoms with Crippen molar-refractivity contribution in [2.45, 2.75) is 64.8 Å². The van der Waals surface area contributed by atoms with E-state index in [4.69, 9.17) is 0 Å². The first-order valence-corrected chi connectivity index (χ1v) is 11.3. The minimum absolute atomic E-state index is 0.0257. The standard InChI is InChI=1S/C23H36N4O2/c1-4-19(5-2)18-25-15-11-23(12-16-25)21(28)26(22(29)27(23)6-3)14-8-10-20-9-7-13-24-17-20/h7,9,13,17,19H,4-6,8,10-12,14-16,18H2,1-3H3. The van der Waals surface area contributed by atoms with E-state index in [0.29, 0.717) is 13.1 Å². The Hall–Kier alpha value is -1.95. The minimum Gasteiger partial charge on any atom is -0.310 e. The van der Waals surface area contributed by atoms with Gasteiger partial charge in [0, 0.05) is 45.1 Å². The molecule has 2 fully saturated rings. The van der Waals surface area contributed by atoms with Gasteiger partial charge in [-0.05, 0) is 50.2 Å². The summed E-state index contributed by atoms with van der Waals surface area (Å²) >= 11 is 0. The maximum atomic E-state index is 13.4. The van der Waals surface area contributed by atoms with Crippen LogP contribution in [0.4, 0.5) is 4.79 Å². The molecule has 1 spiro atoms. The van der Waals surface area contributed by atoms with E-state index < -0.39 is 5.54 Å². The topological polar surface area (TPSA) is 56.8 Å². The van der Waals surface area contributed by atoms with Crippen LogP contribution in [0.1, 0.15) is 58.4 Å². The molecule has 0 aliphatic carbocycles. The highest BCUT2D eigenvalue weighted by atomic mass is 16.2. The fraction of sp³-hybridized carbons (Fsp3) is 0.696. The molecule has 0 bridgehead atoms. The van der Waals surface area contributed by atoms with Gasteiger partial charge in [0.05, 0.1) is 0 Å². The molecular weight excluding hydrogens is 364 g/mol. The van der Waals surface area contributed by atoms with E-state index in [1.54, 1.807) is 6.20 Å². The highest BCUT2D eigenvalue weighted by molar-refractivity contribution is 6.07. The van der Waals surface area contributed by atoms with Crippen molar-refractivity contribution in [2.24, 2.45) is 5.92 Å². The highest BCUT2D eigenvalue weighted by Crippen LogP contribution is 2.37. The van der Waals surface area contributed by atoms with E-state index in [1.165, 1.54) is 17.7 Å². The first-order valence-electron chi connectivity index (χ1n) is 11.3. The molecule has 29 heavy (non-hydrogen) atoms. The number of pyridine rings is 1. The highest BCUT2D eigenvalue weighted by Gasteiger charge is 2.57. The molecule has 2 aliphatic heterocycles. The van der Waals surface area contributed by atoms with Gasteiger partial charge in [-0.1, -0.05) is 32.8 Å². The average molecular weight is 401 g/mol. The summed E-state index contributed by atoms with van der Waals surface area (Å²) in [6.07, 6.45) is 9.11. The molecule has 3 amide bonds. The molecule has 2 saturated heterocycles. The maximum absolute atomic E-state index is 13.4. The number of piperidine rings is 1. The molecule has 3 heterocycles. The number of hydrogen-bond acceptors (Lipinski definition) is 4. The Bertz CT molecular complexity index is 681. The number of amides is 3. The second kappa shape index (κ2) is 9.70. The Morgan fingerprint density at radius 2 is 1.86 bits per heavy atom. The summed E-state index contributed by atoms with van der Waals surface area (Å²) in [6, 6.07) is 3.86. The molecule has 3 rings (SSSR count). The predicted molar refractivity (Wildman–Crippen MR) is 115 cm³/mol. The molecule has 0 N–H and O–H groups in total. The number of aryl methyl sites for hydroxylation is 1. The molecule has 0 radical (unpaired) electrons. The van der Waals surface area contributed by atoms with Gasteiger partial charge >= 0.3 is 6.03 Å². The van der Waals surface area contributed by atoms with Gasteiger partial charge < -0.3 is 9.80 Å². The quantitative estimate of drug-likeness (QED) is 0.595. The Morgan fingerprint density at radius 1 is 1.14 bits per heavy atom. The summed E-state index contributed by atoms with van der Waals surface area (Å²) < 4.78 is 0. The van der Waals surface area contributed by atoms with Gasteiger partial charge in [0.15, 0.2) is 0 Å². The van der Waals surface area contributed by atoms with E-state index in [9.17, 15) is 9.59 Å². The van der Waals surface area contributed by atoms with Gasteiger partial charge in [-0.2, -0.15) is 0 Å². The van der Waals surface area contributed by atoms with Crippen LogP contribution in [-0.4, -0.2) is 69.9 Å². The largest absolute Gasteiger partial charge is 0.327 e. The van der Waals surface area contributed by atoms with Crippen molar-refractivity contribution in [3.8, 4) is 0 Å². The number of rotatable bonds is 9. The van der Waals surface area contributed by atoms with Crippen molar-refractivity contribution in [3.63, 3.8) is 0 Å². The lowest BCUT2D eigenvalue weighted by atomic mass is 9.85. The molecular formula is C23H36N4O2. The molecule has 6 heteroatoms. The molecule has 1 aromatic heterocycles. The molecule has 0 unspecified atom stereocenters. The number of hydrogen-bond donors (Lipinski definition) is 0. The zero-order valence-corrected chi connectivity index (χ0v) is 18.3. The number of imide groups is 1. The first kappa shape index (κ1) is 21.8. The average Bonchev–Trinajstić information content (AvgIpc) is 2.94. The van der Waals surface area contributed by atoms with Crippen LogP contribution in [-0.2, 0) is 11.2 Å². The van der Waals surface area contributed by atoms with Gasteiger partial charge in [0.1, 0.15) is 5.54 Å². The molecule has 0 saturated carbocycles. The second-order valence-electron chi connectivity index (χ2n) is 8.46. The molecule has 1 aromatic rings. The first-order chi connectivity index (χ1) is 14.1. The summed E-state index contributed by atoms with van der Waals surface area (Å²) in [5, 5.41) is 0. The number of carbonyl (C=O) groups is 2. The van der Waals surface area contributed by atoms with Crippen LogP contribution in [0.2, 0.25) is 0 Å². The zero-order chi connectivity index (χ0) is 20.9.